The van der Waals surface area contributed by atoms with Crippen molar-refractivity contribution in [1.29, 1.82) is 0 Å². The van der Waals surface area contributed by atoms with Gasteiger partial charge in [-0.05, 0) is 31.1 Å². The maximum atomic E-state index is 11.0. The molecule has 0 saturated heterocycles. The highest BCUT2D eigenvalue weighted by atomic mass is 33.1. The van der Waals surface area contributed by atoms with Crippen molar-refractivity contribution in [3.8, 4) is 0 Å². The number of carbonyl (C=O) groups is 1. The van der Waals surface area contributed by atoms with E-state index in [-0.39, 0.29) is 4.75 Å². The third-order valence-electron chi connectivity index (χ3n) is 1.30. The second-order valence-electron chi connectivity index (χ2n) is 2.80. The lowest BCUT2D eigenvalue weighted by Crippen LogP contribution is -2.18. The van der Waals surface area contributed by atoms with E-state index in [2.05, 4.69) is 9.92 Å². The van der Waals surface area contributed by atoms with Crippen LogP contribution in [0.5, 0.6) is 0 Å². The molecule has 0 rings (SSSR count). The quantitative estimate of drug-likeness (QED) is 0.717. The van der Waals surface area contributed by atoms with E-state index in [0.29, 0.717) is 0 Å². The number of hydrogen-bond donors (Lipinski definition) is 1. The second-order valence-corrected chi connectivity index (χ2v) is 5.97. The molecule has 0 aromatic rings. The van der Waals surface area contributed by atoms with Gasteiger partial charge in [0.2, 0.25) is 0 Å². The fourth-order valence-corrected chi connectivity index (χ4v) is 2.74. The molecule has 4 nitrogen and oxygen atoms in total. The lowest BCUT2D eigenvalue weighted by molar-refractivity contribution is 0.217. The van der Waals surface area contributed by atoms with Crippen molar-refractivity contribution < 1.29 is 13.2 Å². The average Bonchev–Trinajstić information content (AvgIpc) is 1.84. The standard InChI is InChI=1S/C6H13NO3S2/c1-4-6(2,3)11-12(9)10-5(7)8/h4H2,1-3H3,(H2,7,8). The molecular formula is C6H13NO3S2. The van der Waals surface area contributed by atoms with Crippen LogP contribution in [0.1, 0.15) is 27.2 Å². The first-order chi connectivity index (χ1) is 5.37. The molecule has 1 amide bonds. The van der Waals surface area contributed by atoms with Gasteiger partial charge in [0.05, 0.1) is 0 Å². The molecule has 6 heteroatoms. The van der Waals surface area contributed by atoms with Crippen molar-refractivity contribution in [2.75, 3.05) is 0 Å². The van der Waals surface area contributed by atoms with Crippen molar-refractivity contribution in [2.24, 2.45) is 5.73 Å². The highest BCUT2D eigenvalue weighted by Crippen LogP contribution is 2.30. The highest BCUT2D eigenvalue weighted by molar-refractivity contribution is 8.68. The van der Waals surface area contributed by atoms with Crippen molar-refractivity contribution in [3.63, 3.8) is 0 Å². The van der Waals surface area contributed by atoms with E-state index in [1.807, 2.05) is 20.8 Å². The summed E-state index contributed by atoms with van der Waals surface area (Å²) in [5, 5.41) is 0. The molecule has 0 heterocycles. The summed E-state index contributed by atoms with van der Waals surface area (Å²) in [5.74, 6) is 0. The van der Waals surface area contributed by atoms with Crippen LogP contribution in [0.15, 0.2) is 0 Å². The lowest BCUT2D eigenvalue weighted by Gasteiger charge is -2.18. The van der Waals surface area contributed by atoms with Gasteiger partial charge in [0, 0.05) is 4.75 Å². The van der Waals surface area contributed by atoms with Gasteiger partial charge in [0.25, 0.3) is 10.1 Å². The van der Waals surface area contributed by atoms with Crippen LogP contribution in [0, 0.1) is 0 Å². The van der Waals surface area contributed by atoms with Crippen LogP contribution in [0.2, 0.25) is 0 Å². The Morgan fingerprint density at radius 3 is 2.50 bits per heavy atom. The third kappa shape index (κ3) is 5.42. The van der Waals surface area contributed by atoms with Gasteiger partial charge in [-0.3, -0.25) is 0 Å². The zero-order chi connectivity index (χ0) is 9.78. The van der Waals surface area contributed by atoms with E-state index in [9.17, 15) is 9.00 Å². The molecule has 0 fully saturated rings. The van der Waals surface area contributed by atoms with Crippen LogP contribution in [0.3, 0.4) is 0 Å². The van der Waals surface area contributed by atoms with Gasteiger partial charge in [-0.25, -0.2) is 9.00 Å². The van der Waals surface area contributed by atoms with Gasteiger partial charge in [-0.2, -0.15) is 0 Å². The molecule has 0 aliphatic heterocycles. The molecule has 1 unspecified atom stereocenters. The molecule has 1 atom stereocenters. The van der Waals surface area contributed by atoms with Gasteiger partial charge in [0.1, 0.15) is 0 Å². The highest BCUT2D eigenvalue weighted by Gasteiger charge is 2.21. The molecule has 72 valence electrons. The summed E-state index contributed by atoms with van der Waals surface area (Å²) >= 11 is 0. The topological polar surface area (TPSA) is 69.4 Å². The van der Waals surface area contributed by atoms with Crippen LogP contribution in [0.4, 0.5) is 4.79 Å². The Morgan fingerprint density at radius 1 is 1.67 bits per heavy atom. The van der Waals surface area contributed by atoms with Gasteiger partial charge in [-0.15, -0.1) is 0 Å². The van der Waals surface area contributed by atoms with Gasteiger partial charge in [0.15, 0.2) is 0 Å². The monoisotopic (exact) mass is 211 g/mol. The fraction of sp³-hybridized carbons (Fsp3) is 0.833. The number of rotatable bonds is 4. The zero-order valence-electron chi connectivity index (χ0n) is 7.33. The Bertz CT molecular complexity index is 193. The molecule has 0 aromatic carbocycles. The van der Waals surface area contributed by atoms with Crippen molar-refractivity contribution in [1.82, 2.24) is 0 Å². The van der Waals surface area contributed by atoms with Gasteiger partial charge >= 0.3 is 6.09 Å². The smallest absolute Gasteiger partial charge is 0.339 e. The first-order valence-electron chi connectivity index (χ1n) is 3.46. The predicted molar refractivity (Wildman–Crippen MR) is 50.8 cm³/mol. The number of amides is 1. The van der Waals surface area contributed by atoms with Crippen LogP contribution < -0.4 is 5.73 Å². The summed E-state index contributed by atoms with van der Waals surface area (Å²) in [7, 11) is -0.598. The summed E-state index contributed by atoms with van der Waals surface area (Å²) in [5.41, 5.74) is 4.69. The fourth-order valence-electron chi connectivity index (χ4n) is 0.327. The van der Waals surface area contributed by atoms with Crippen LogP contribution in [-0.4, -0.2) is 15.0 Å². The molecule has 0 saturated carbocycles. The van der Waals surface area contributed by atoms with Crippen LogP contribution >= 0.6 is 10.8 Å². The van der Waals surface area contributed by atoms with Crippen molar-refractivity contribution >= 4 is 27.0 Å². The molecular weight excluding hydrogens is 198 g/mol. The molecule has 12 heavy (non-hydrogen) atoms. The number of hydrogen-bond acceptors (Lipinski definition) is 4. The van der Waals surface area contributed by atoms with E-state index < -0.39 is 16.2 Å². The summed E-state index contributed by atoms with van der Waals surface area (Å²) in [6, 6.07) is 0. The third-order valence-corrected chi connectivity index (χ3v) is 4.44. The van der Waals surface area contributed by atoms with Crippen molar-refractivity contribution in [3.05, 3.63) is 0 Å². The lowest BCUT2D eigenvalue weighted by atomic mass is 10.1. The van der Waals surface area contributed by atoms with E-state index in [0.717, 1.165) is 17.2 Å². The van der Waals surface area contributed by atoms with Crippen LogP contribution in [-0.2, 0) is 14.3 Å². The zero-order valence-corrected chi connectivity index (χ0v) is 8.96. The SMILES string of the molecule is CCC(C)(C)SS(=O)OC(N)=O. The number of carbonyl (C=O) groups excluding carboxylic acids is 1. The summed E-state index contributed by atoms with van der Waals surface area (Å²) in [6.07, 6.45) is -0.168. The minimum atomic E-state index is -1.68. The summed E-state index contributed by atoms with van der Waals surface area (Å²) in [4.78, 5) is 10.2. The van der Waals surface area contributed by atoms with E-state index in [1.54, 1.807) is 0 Å². The van der Waals surface area contributed by atoms with Crippen LogP contribution in [0.25, 0.3) is 0 Å². The average molecular weight is 211 g/mol. The molecule has 0 spiro atoms. The Labute approximate surface area is 78.3 Å². The molecule has 0 aromatic heterocycles. The minimum Gasteiger partial charge on any atom is -0.339 e. The first kappa shape index (κ1) is 11.8. The van der Waals surface area contributed by atoms with Gasteiger partial charge < -0.3 is 9.92 Å². The number of nitrogens with two attached hydrogens (primary N) is 1. The molecule has 0 aliphatic carbocycles. The summed E-state index contributed by atoms with van der Waals surface area (Å²) < 4.78 is 15.1. The second kappa shape index (κ2) is 4.71. The van der Waals surface area contributed by atoms with E-state index >= 15 is 0 Å². The Hall–Kier alpha value is -0.230. The first-order valence-corrected chi connectivity index (χ1v) is 5.87. The Morgan fingerprint density at radius 2 is 2.17 bits per heavy atom. The van der Waals surface area contributed by atoms with E-state index in [4.69, 9.17) is 0 Å². The largest absolute Gasteiger partial charge is 0.419 e. The Kier molecular flexibility index (Phi) is 4.62. The summed E-state index contributed by atoms with van der Waals surface area (Å²) in [6.45, 7) is 5.80. The maximum Gasteiger partial charge on any atom is 0.419 e. The van der Waals surface area contributed by atoms with Gasteiger partial charge in [-0.1, -0.05) is 6.92 Å². The molecule has 0 aliphatic rings. The van der Waals surface area contributed by atoms with E-state index in [1.165, 1.54) is 0 Å². The maximum absolute atomic E-state index is 11.0. The molecule has 0 radical (unpaired) electrons. The molecule has 2 N–H and O–H groups in total. The molecule has 0 bridgehead atoms. The Balaban J connectivity index is 3.92. The normalized spacial score (nSPS) is 13.9. The predicted octanol–water partition coefficient (Wildman–Crippen LogP) is 1.58. The van der Waals surface area contributed by atoms with Crippen molar-refractivity contribution in [2.45, 2.75) is 31.9 Å². The number of primary amides is 1. The minimum absolute atomic E-state index is 0.166.